The Morgan fingerprint density at radius 3 is 2.46 bits per heavy atom. The summed E-state index contributed by atoms with van der Waals surface area (Å²) in [6, 6.07) is 7.14. The van der Waals surface area contributed by atoms with E-state index in [0.717, 1.165) is 5.39 Å². The number of hydrogen-bond donors (Lipinski definition) is 2. The number of nitrogens with two attached hydrogens (primary N) is 2. The number of primary amides is 1. The number of fused-ring (bicyclic) bond motifs is 1. The Morgan fingerprint density at radius 2 is 1.85 bits per heavy atom. The van der Waals surface area contributed by atoms with Crippen molar-refractivity contribution in [1.82, 2.24) is 0 Å². The van der Waals surface area contributed by atoms with E-state index in [1.54, 1.807) is 18.2 Å². The first-order valence-electron chi connectivity index (χ1n) is 3.77. The summed E-state index contributed by atoms with van der Waals surface area (Å²) in [5.74, 6) is -0.259. The standard InChI is InChI=1S/C9H8N2O2/c10-8(12)7-5-3-1-2-4-6(5)9(11)13-7/h1-4H,11H2,(H2,10,12). The normalized spacial score (nSPS) is 10.5. The van der Waals surface area contributed by atoms with E-state index in [0.29, 0.717) is 5.39 Å². The maximum atomic E-state index is 10.9. The van der Waals surface area contributed by atoms with E-state index in [1.165, 1.54) is 0 Å². The van der Waals surface area contributed by atoms with Crippen molar-refractivity contribution in [2.75, 3.05) is 5.73 Å². The van der Waals surface area contributed by atoms with Gasteiger partial charge in [-0.1, -0.05) is 18.2 Å². The molecule has 0 unspecified atom stereocenters. The van der Waals surface area contributed by atoms with Gasteiger partial charge in [0, 0.05) is 10.8 Å². The van der Waals surface area contributed by atoms with Crippen molar-refractivity contribution in [3.05, 3.63) is 30.0 Å². The molecular weight excluding hydrogens is 168 g/mol. The first-order chi connectivity index (χ1) is 6.20. The molecule has 0 radical (unpaired) electrons. The second-order valence-electron chi connectivity index (χ2n) is 2.71. The number of amides is 1. The quantitative estimate of drug-likeness (QED) is 0.682. The summed E-state index contributed by atoms with van der Waals surface area (Å²) < 4.78 is 5.03. The Morgan fingerprint density at radius 1 is 1.23 bits per heavy atom. The Hall–Kier alpha value is -1.97. The molecule has 66 valence electrons. The highest BCUT2D eigenvalue weighted by molar-refractivity contribution is 6.07. The molecule has 2 aromatic rings. The van der Waals surface area contributed by atoms with Crippen LogP contribution in [0.25, 0.3) is 10.8 Å². The van der Waals surface area contributed by atoms with Gasteiger partial charge in [-0.05, 0) is 6.07 Å². The molecular formula is C9H8N2O2. The molecule has 0 aliphatic heterocycles. The third-order valence-electron chi connectivity index (χ3n) is 1.87. The third-order valence-corrected chi connectivity index (χ3v) is 1.87. The van der Waals surface area contributed by atoms with Crippen molar-refractivity contribution in [3.8, 4) is 0 Å². The minimum absolute atomic E-state index is 0.119. The SMILES string of the molecule is NC(=O)c1oc(N)c2ccccc12. The summed E-state index contributed by atoms with van der Waals surface area (Å²) in [6.07, 6.45) is 0. The lowest BCUT2D eigenvalue weighted by Gasteiger charge is -1.88. The highest BCUT2D eigenvalue weighted by Gasteiger charge is 2.13. The Kier molecular flexibility index (Phi) is 1.48. The lowest BCUT2D eigenvalue weighted by Crippen LogP contribution is -2.09. The van der Waals surface area contributed by atoms with Gasteiger partial charge in [-0.2, -0.15) is 0 Å². The van der Waals surface area contributed by atoms with Gasteiger partial charge in [0.05, 0.1) is 0 Å². The molecule has 0 fully saturated rings. The van der Waals surface area contributed by atoms with Crippen LogP contribution in [0.1, 0.15) is 10.6 Å². The van der Waals surface area contributed by atoms with Crippen molar-refractivity contribution >= 4 is 22.6 Å². The van der Waals surface area contributed by atoms with E-state index in [9.17, 15) is 4.79 Å². The van der Waals surface area contributed by atoms with Gasteiger partial charge in [0.1, 0.15) is 0 Å². The van der Waals surface area contributed by atoms with Gasteiger partial charge in [0.15, 0.2) is 5.88 Å². The van der Waals surface area contributed by atoms with E-state index in [2.05, 4.69) is 0 Å². The monoisotopic (exact) mass is 176 g/mol. The first kappa shape index (κ1) is 7.67. The van der Waals surface area contributed by atoms with Gasteiger partial charge in [-0.3, -0.25) is 4.79 Å². The maximum absolute atomic E-state index is 10.9. The lowest BCUT2D eigenvalue weighted by atomic mass is 10.2. The van der Waals surface area contributed by atoms with Crippen LogP contribution in [0.15, 0.2) is 28.7 Å². The number of nitrogen functional groups attached to an aromatic ring is 1. The largest absolute Gasteiger partial charge is 0.435 e. The summed E-state index contributed by atoms with van der Waals surface area (Å²) >= 11 is 0. The molecule has 1 amide bonds. The minimum Gasteiger partial charge on any atom is -0.435 e. The molecule has 0 saturated heterocycles. The first-order valence-corrected chi connectivity index (χ1v) is 3.77. The topological polar surface area (TPSA) is 82.2 Å². The van der Waals surface area contributed by atoms with Crippen LogP contribution in [0.2, 0.25) is 0 Å². The van der Waals surface area contributed by atoms with Crippen LogP contribution >= 0.6 is 0 Å². The molecule has 1 aromatic carbocycles. The van der Waals surface area contributed by atoms with Crippen molar-refractivity contribution in [2.24, 2.45) is 5.73 Å². The molecule has 1 heterocycles. The number of carbonyl (C=O) groups excluding carboxylic acids is 1. The Labute approximate surface area is 74.1 Å². The van der Waals surface area contributed by atoms with Crippen LogP contribution in [-0.4, -0.2) is 5.91 Å². The molecule has 0 saturated carbocycles. The number of hydrogen-bond acceptors (Lipinski definition) is 3. The zero-order valence-corrected chi connectivity index (χ0v) is 6.78. The summed E-state index contributed by atoms with van der Waals surface area (Å²) in [5.41, 5.74) is 10.6. The number of anilines is 1. The summed E-state index contributed by atoms with van der Waals surface area (Å²) in [7, 11) is 0. The second-order valence-corrected chi connectivity index (χ2v) is 2.71. The number of benzene rings is 1. The summed E-state index contributed by atoms with van der Waals surface area (Å²) in [4.78, 5) is 10.9. The fourth-order valence-electron chi connectivity index (χ4n) is 1.30. The van der Waals surface area contributed by atoms with Gasteiger partial charge in [0.2, 0.25) is 5.76 Å². The number of furan rings is 1. The molecule has 1 aromatic heterocycles. The lowest BCUT2D eigenvalue weighted by molar-refractivity contribution is 0.0977. The van der Waals surface area contributed by atoms with E-state index in [1.807, 2.05) is 6.07 Å². The maximum Gasteiger partial charge on any atom is 0.285 e. The van der Waals surface area contributed by atoms with E-state index >= 15 is 0 Å². The van der Waals surface area contributed by atoms with E-state index < -0.39 is 5.91 Å². The summed E-state index contributed by atoms with van der Waals surface area (Å²) in [5, 5.41) is 1.38. The molecule has 0 bridgehead atoms. The zero-order chi connectivity index (χ0) is 9.42. The van der Waals surface area contributed by atoms with Crippen LogP contribution in [0, 0.1) is 0 Å². The van der Waals surface area contributed by atoms with Gasteiger partial charge >= 0.3 is 0 Å². The predicted molar refractivity (Wildman–Crippen MR) is 49.1 cm³/mol. The number of rotatable bonds is 1. The molecule has 0 atom stereocenters. The van der Waals surface area contributed by atoms with Gasteiger partial charge in [-0.25, -0.2) is 0 Å². The van der Waals surface area contributed by atoms with Crippen LogP contribution in [0.5, 0.6) is 0 Å². The predicted octanol–water partition coefficient (Wildman–Crippen LogP) is 1.11. The van der Waals surface area contributed by atoms with Crippen LogP contribution in [-0.2, 0) is 0 Å². The van der Waals surface area contributed by atoms with Crippen molar-refractivity contribution in [3.63, 3.8) is 0 Å². The Balaban J connectivity index is 2.85. The van der Waals surface area contributed by atoms with Crippen LogP contribution < -0.4 is 11.5 Å². The van der Waals surface area contributed by atoms with Crippen LogP contribution in [0.3, 0.4) is 0 Å². The molecule has 0 aliphatic carbocycles. The second kappa shape index (κ2) is 2.52. The van der Waals surface area contributed by atoms with Gasteiger partial charge < -0.3 is 15.9 Å². The van der Waals surface area contributed by atoms with Crippen molar-refractivity contribution in [2.45, 2.75) is 0 Å². The Bertz CT molecular complexity index is 473. The van der Waals surface area contributed by atoms with Crippen molar-refractivity contribution in [1.29, 1.82) is 0 Å². The third kappa shape index (κ3) is 1.03. The van der Waals surface area contributed by atoms with Crippen LogP contribution in [0.4, 0.5) is 5.88 Å². The fraction of sp³-hybridized carbons (Fsp3) is 0. The zero-order valence-electron chi connectivity index (χ0n) is 6.78. The van der Waals surface area contributed by atoms with Gasteiger partial charge in [0.25, 0.3) is 5.91 Å². The molecule has 2 rings (SSSR count). The van der Waals surface area contributed by atoms with Crippen molar-refractivity contribution < 1.29 is 9.21 Å². The highest BCUT2D eigenvalue weighted by atomic mass is 16.4. The van der Waals surface area contributed by atoms with Gasteiger partial charge in [-0.15, -0.1) is 0 Å². The molecule has 4 N–H and O–H groups in total. The molecule has 0 aliphatic rings. The molecule has 4 nitrogen and oxygen atoms in total. The fourth-order valence-corrected chi connectivity index (χ4v) is 1.30. The summed E-state index contributed by atoms with van der Waals surface area (Å²) in [6.45, 7) is 0. The number of carbonyl (C=O) groups is 1. The average molecular weight is 176 g/mol. The minimum atomic E-state index is -0.604. The smallest absolute Gasteiger partial charge is 0.285 e. The van der Waals surface area contributed by atoms with E-state index in [-0.39, 0.29) is 11.6 Å². The molecule has 13 heavy (non-hydrogen) atoms. The average Bonchev–Trinajstić information content (AvgIpc) is 2.45. The van der Waals surface area contributed by atoms with E-state index in [4.69, 9.17) is 15.9 Å². The highest BCUT2D eigenvalue weighted by Crippen LogP contribution is 2.26. The molecule has 4 heteroatoms. The molecule has 0 spiro atoms.